The van der Waals surface area contributed by atoms with E-state index in [4.69, 9.17) is 6.42 Å². The van der Waals surface area contributed by atoms with Gasteiger partial charge >= 0.3 is 0 Å². The minimum absolute atomic E-state index is 0.371. The van der Waals surface area contributed by atoms with E-state index in [1.54, 1.807) is 0 Å². The van der Waals surface area contributed by atoms with Crippen LogP contribution in [0.1, 0.15) is 16.7 Å². The van der Waals surface area contributed by atoms with Crippen LogP contribution in [0.5, 0.6) is 5.75 Å². The Morgan fingerprint density at radius 3 is 2.25 bits per heavy atom. The molecule has 0 atom stereocenters. The Balaban J connectivity index is 3.14. The summed E-state index contributed by atoms with van der Waals surface area (Å²) in [5.74, 6) is 2.95. The topological polar surface area (TPSA) is 20.2 Å². The Bertz CT molecular complexity index is 308. The van der Waals surface area contributed by atoms with E-state index in [-0.39, 0.29) is 0 Å². The highest BCUT2D eigenvalue weighted by Crippen LogP contribution is 2.22. The summed E-state index contributed by atoms with van der Waals surface area (Å²) in [6, 6.07) is 3.84. The Kier molecular flexibility index (Phi) is 2.40. The van der Waals surface area contributed by atoms with Crippen molar-refractivity contribution in [3.8, 4) is 18.1 Å². The van der Waals surface area contributed by atoms with Crippen LogP contribution in [-0.4, -0.2) is 5.11 Å². The molecule has 1 rings (SSSR count). The molecule has 0 aromatic heterocycles. The number of hydrogen-bond acceptors (Lipinski definition) is 1. The van der Waals surface area contributed by atoms with Crippen molar-refractivity contribution in [1.82, 2.24) is 0 Å². The highest BCUT2D eigenvalue weighted by Gasteiger charge is 2.01. The van der Waals surface area contributed by atoms with Crippen molar-refractivity contribution in [3.63, 3.8) is 0 Å². The van der Waals surface area contributed by atoms with Crippen molar-refractivity contribution < 1.29 is 5.11 Å². The molecule has 1 aromatic rings. The van der Waals surface area contributed by atoms with Gasteiger partial charge in [-0.25, -0.2) is 0 Å². The van der Waals surface area contributed by atoms with Crippen molar-refractivity contribution in [2.75, 3.05) is 0 Å². The Morgan fingerprint density at radius 2 is 1.83 bits per heavy atom. The molecule has 0 fully saturated rings. The van der Waals surface area contributed by atoms with Crippen LogP contribution < -0.4 is 0 Å². The minimum Gasteiger partial charge on any atom is -0.507 e. The maximum atomic E-state index is 9.45. The molecule has 1 nitrogen and oxygen atoms in total. The Labute approximate surface area is 73.0 Å². The van der Waals surface area contributed by atoms with Gasteiger partial charge in [-0.15, -0.1) is 12.3 Å². The predicted octanol–water partition coefficient (Wildman–Crippen LogP) is 2.18. The lowest BCUT2D eigenvalue weighted by atomic mass is 10.0. The van der Waals surface area contributed by atoms with Gasteiger partial charge in [0.25, 0.3) is 0 Å². The number of benzene rings is 1. The summed E-state index contributed by atoms with van der Waals surface area (Å²) in [6.07, 6.45) is 5.81. The highest BCUT2D eigenvalue weighted by atomic mass is 16.3. The molecule has 0 saturated carbocycles. The molecular weight excluding hydrogens is 148 g/mol. The van der Waals surface area contributed by atoms with E-state index in [0.29, 0.717) is 12.2 Å². The first kappa shape index (κ1) is 8.67. The normalized spacial score (nSPS) is 9.42. The molecule has 0 amide bonds. The van der Waals surface area contributed by atoms with E-state index in [1.807, 2.05) is 26.0 Å². The molecule has 0 heterocycles. The standard InChI is InChI=1S/C11H12O/c1-4-5-10-6-8(2)11(12)9(3)7-10/h1,6-7,12H,5H2,2-3H3. The third-order valence-electron chi connectivity index (χ3n) is 1.86. The monoisotopic (exact) mass is 160 g/mol. The lowest BCUT2D eigenvalue weighted by Gasteiger charge is -2.04. The van der Waals surface area contributed by atoms with E-state index in [9.17, 15) is 5.11 Å². The number of phenols is 1. The zero-order valence-electron chi connectivity index (χ0n) is 7.39. The first-order valence-electron chi connectivity index (χ1n) is 3.87. The van der Waals surface area contributed by atoms with Gasteiger partial charge in [0.15, 0.2) is 0 Å². The molecule has 1 N–H and O–H groups in total. The van der Waals surface area contributed by atoms with Gasteiger partial charge in [-0.1, -0.05) is 12.1 Å². The van der Waals surface area contributed by atoms with E-state index in [1.165, 1.54) is 0 Å². The van der Waals surface area contributed by atoms with Crippen LogP contribution in [0, 0.1) is 26.2 Å². The van der Waals surface area contributed by atoms with Gasteiger partial charge in [0.05, 0.1) is 0 Å². The molecule has 1 heteroatoms. The van der Waals surface area contributed by atoms with Crippen molar-refractivity contribution >= 4 is 0 Å². The van der Waals surface area contributed by atoms with Crippen molar-refractivity contribution in [3.05, 3.63) is 28.8 Å². The van der Waals surface area contributed by atoms with Crippen LogP contribution in [0.15, 0.2) is 12.1 Å². The van der Waals surface area contributed by atoms with Crippen LogP contribution in [0.4, 0.5) is 0 Å². The lowest BCUT2D eigenvalue weighted by Crippen LogP contribution is -1.87. The highest BCUT2D eigenvalue weighted by molar-refractivity contribution is 5.42. The zero-order chi connectivity index (χ0) is 9.14. The summed E-state index contributed by atoms with van der Waals surface area (Å²) in [7, 11) is 0. The van der Waals surface area contributed by atoms with Gasteiger partial charge in [0.1, 0.15) is 5.75 Å². The summed E-state index contributed by atoms with van der Waals surface area (Å²) >= 11 is 0. The van der Waals surface area contributed by atoms with E-state index < -0.39 is 0 Å². The SMILES string of the molecule is C#CCc1cc(C)c(O)c(C)c1. The second kappa shape index (κ2) is 3.32. The van der Waals surface area contributed by atoms with E-state index in [0.717, 1.165) is 16.7 Å². The molecule has 1 aromatic carbocycles. The number of hydrogen-bond donors (Lipinski definition) is 1. The van der Waals surface area contributed by atoms with Gasteiger partial charge in [-0.05, 0) is 30.5 Å². The molecule has 0 bridgehead atoms. The average molecular weight is 160 g/mol. The number of aromatic hydroxyl groups is 1. The van der Waals surface area contributed by atoms with Crippen LogP contribution in [0.25, 0.3) is 0 Å². The molecule has 0 saturated heterocycles. The molecule has 0 unspecified atom stereocenters. The fraction of sp³-hybridized carbons (Fsp3) is 0.273. The first-order valence-corrected chi connectivity index (χ1v) is 3.87. The second-order valence-electron chi connectivity index (χ2n) is 2.96. The predicted molar refractivity (Wildman–Crippen MR) is 50.1 cm³/mol. The van der Waals surface area contributed by atoms with Crippen LogP contribution >= 0.6 is 0 Å². The van der Waals surface area contributed by atoms with Crippen molar-refractivity contribution in [1.29, 1.82) is 0 Å². The van der Waals surface area contributed by atoms with Crippen LogP contribution in [-0.2, 0) is 6.42 Å². The van der Waals surface area contributed by atoms with Gasteiger partial charge in [0, 0.05) is 6.42 Å². The molecule has 0 aliphatic rings. The van der Waals surface area contributed by atoms with Crippen molar-refractivity contribution in [2.24, 2.45) is 0 Å². The molecule has 12 heavy (non-hydrogen) atoms. The molecular formula is C11H12O. The van der Waals surface area contributed by atoms with Crippen LogP contribution in [0.2, 0.25) is 0 Å². The fourth-order valence-electron chi connectivity index (χ4n) is 1.27. The zero-order valence-corrected chi connectivity index (χ0v) is 7.39. The maximum absolute atomic E-state index is 9.45. The lowest BCUT2D eigenvalue weighted by molar-refractivity contribution is 0.466. The summed E-state index contributed by atoms with van der Waals surface area (Å²) in [6.45, 7) is 3.75. The number of rotatable bonds is 1. The Hall–Kier alpha value is -1.42. The summed E-state index contributed by atoms with van der Waals surface area (Å²) in [5, 5.41) is 9.45. The number of aryl methyl sites for hydroxylation is 2. The summed E-state index contributed by atoms with van der Waals surface area (Å²) < 4.78 is 0. The first-order chi connectivity index (χ1) is 5.65. The third-order valence-corrected chi connectivity index (χ3v) is 1.86. The third kappa shape index (κ3) is 1.60. The van der Waals surface area contributed by atoms with Gasteiger partial charge in [-0.2, -0.15) is 0 Å². The Morgan fingerprint density at radius 1 is 1.33 bits per heavy atom. The summed E-state index contributed by atoms with van der Waals surface area (Å²) in [5.41, 5.74) is 2.87. The van der Waals surface area contributed by atoms with Gasteiger partial charge in [-0.3, -0.25) is 0 Å². The van der Waals surface area contributed by atoms with Crippen LogP contribution in [0.3, 0.4) is 0 Å². The maximum Gasteiger partial charge on any atom is 0.121 e. The smallest absolute Gasteiger partial charge is 0.121 e. The molecule has 0 radical (unpaired) electrons. The molecule has 62 valence electrons. The van der Waals surface area contributed by atoms with Gasteiger partial charge in [0.2, 0.25) is 0 Å². The van der Waals surface area contributed by atoms with Crippen molar-refractivity contribution in [2.45, 2.75) is 20.3 Å². The number of phenolic OH excluding ortho intramolecular Hbond substituents is 1. The largest absolute Gasteiger partial charge is 0.507 e. The quantitative estimate of drug-likeness (QED) is 0.624. The summed E-state index contributed by atoms with van der Waals surface area (Å²) in [4.78, 5) is 0. The molecule has 0 aliphatic heterocycles. The molecule has 0 spiro atoms. The average Bonchev–Trinajstić information content (AvgIpc) is 2.01. The van der Waals surface area contributed by atoms with E-state index >= 15 is 0 Å². The van der Waals surface area contributed by atoms with Gasteiger partial charge < -0.3 is 5.11 Å². The minimum atomic E-state index is 0.371. The molecule has 0 aliphatic carbocycles. The second-order valence-corrected chi connectivity index (χ2v) is 2.96. The van der Waals surface area contributed by atoms with E-state index in [2.05, 4.69) is 5.92 Å². The number of terminal acetylenes is 1. The fourth-order valence-corrected chi connectivity index (χ4v) is 1.27.